The van der Waals surface area contributed by atoms with Crippen LogP contribution >= 0.6 is 0 Å². The van der Waals surface area contributed by atoms with Gasteiger partial charge < -0.3 is 9.13 Å². The third kappa shape index (κ3) is 4.90. The summed E-state index contributed by atoms with van der Waals surface area (Å²) in [4.78, 5) is 4.49. The molecular formula is C44H33N3. The van der Waals surface area contributed by atoms with E-state index in [2.05, 4.69) is 160 Å². The fourth-order valence-electron chi connectivity index (χ4n) is 6.78. The lowest BCUT2D eigenvalue weighted by molar-refractivity contribution is 1.13. The molecule has 0 atom stereocenters. The van der Waals surface area contributed by atoms with Crippen molar-refractivity contribution in [3.8, 4) is 22.5 Å². The third-order valence-corrected chi connectivity index (χ3v) is 8.95. The molecule has 3 heteroatoms. The van der Waals surface area contributed by atoms with E-state index in [9.17, 15) is 0 Å². The van der Waals surface area contributed by atoms with Crippen LogP contribution < -0.4 is 0 Å². The fraction of sp³-hybridized carbons (Fsp3) is 0.0227. The summed E-state index contributed by atoms with van der Waals surface area (Å²) >= 11 is 0. The maximum atomic E-state index is 4.49. The number of fused-ring (bicyclic) bond motifs is 7. The number of pyridine rings is 1. The second-order valence-corrected chi connectivity index (χ2v) is 11.7. The molecule has 0 radical (unpaired) electrons. The van der Waals surface area contributed by atoms with Gasteiger partial charge in [-0.15, -0.1) is 0 Å². The number of hydrogen-bond acceptors (Lipinski definition) is 1. The summed E-state index contributed by atoms with van der Waals surface area (Å²) in [6.07, 6.45) is 11.7. The number of benzene rings is 6. The maximum Gasteiger partial charge on any atom is 0.0547 e. The standard InChI is InChI=1S/C39H25N3.C5H8/c1-2-9-30(10-3-1)42-38-13-7-6-12-32(38)35-22-27-16-19-37-33(34(27)23-39(35)42)20-21-41(37)29-17-14-26(15-18-29)36-25-40-24-28-8-4-5-11-31(28)36;1-3-5-4-2/h1-25H;3-5H,1H2,2H3/b;5-4-. The molecule has 0 aliphatic carbocycles. The third-order valence-electron chi connectivity index (χ3n) is 8.95. The molecule has 9 aromatic rings. The number of aromatic nitrogens is 3. The predicted octanol–water partition coefficient (Wildman–Crippen LogP) is 11.8. The first-order valence-corrected chi connectivity index (χ1v) is 15.9. The van der Waals surface area contributed by atoms with Gasteiger partial charge in [0.25, 0.3) is 0 Å². The molecule has 0 saturated heterocycles. The lowest BCUT2D eigenvalue weighted by Crippen LogP contribution is -1.93. The van der Waals surface area contributed by atoms with Gasteiger partial charge in [-0.1, -0.05) is 104 Å². The Labute approximate surface area is 274 Å². The van der Waals surface area contributed by atoms with Gasteiger partial charge in [0.1, 0.15) is 0 Å². The zero-order valence-corrected chi connectivity index (χ0v) is 26.2. The Bertz CT molecular complexity index is 2580. The molecule has 3 nitrogen and oxygen atoms in total. The van der Waals surface area contributed by atoms with E-state index in [0.29, 0.717) is 0 Å². The number of nitrogens with zero attached hydrogens (tertiary/aromatic N) is 3. The Morgan fingerprint density at radius 2 is 1.30 bits per heavy atom. The van der Waals surface area contributed by atoms with Gasteiger partial charge in [-0.2, -0.15) is 0 Å². The van der Waals surface area contributed by atoms with Crippen LogP contribution in [-0.4, -0.2) is 14.1 Å². The van der Waals surface area contributed by atoms with E-state index >= 15 is 0 Å². The SMILES string of the molecule is C=C/C=C\C.c1ccc(-n2c3ccccc3c3cc4ccc5c(ccn5-c5ccc(-c6cncc7ccccc67)cc5)c4cc32)cc1. The largest absolute Gasteiger partial charge is 0.317 e. The van der Waals surface area contributed by atoms with E-state index in [4.69, 9.17) is 0 Å². The van der Waals surface area contributed by atoms with Crippen molar-refractivity contribution < 1.29 is 0 Å². The molecule has 0 N–H and O–H groups in total. The van der Waals surface area contributed by atoms with E-state index in [1.54, 1.807) is 6.08 Å². The Morgan fingerprint density at radius 1 is 0.553 bits per heavy atom. The van der Waals surface area contributed by atoms with E-state index in [1.807, 2.05) is 31.5 Å². The van der Waals surface area contributed by atoms with Crippen molar-refractivity contribution in [3.05, 3.63) is 177 Å². The molecule has 0 saturated carbocycles. The van der Waals surface area contributed by atoms with Crippen molar-refractivity contribution >= 4 is 54.3 Å². The molecule has 3 heterocycles. The van der Waals surface area contributed by atoms with Gasteiger partial charge >= 0.3 is 0 Å². The van der Waals surface area contributed by atoms with Crippen LogP contribution in [0.5, 0.6) is 0 Å². The van der Waals surface area contributed by atoms with Gasteiger partial charge in [0.05, 0.1) is 16.6 Å². The second kappa shape index (κ2) is 12.0. The van der Waals surface area contributed by atoms with Crippen molar-refractivity contribution in [2.24, 2.45) is 0 Å². The number of hydrogen-bond donors (Lipinski definition) is 0. The molecule has 0 unspecified atom stereocenters. The van der Waals surface area contributed by atoms with Crippen LogP contribution in [-0.2, 0) is 0 Å². The van der Waals surface area contributed by atoms with Crippen molar-refractivity contribution in [1.29, 1.82) is 0 Å². The molecule has 0 fully saturated rings. The van der Waals surface area contributed by atoms with Crippen LogP contribution in [0.1, 0.15) is 6.92 Å². The van der Waals surface area contributed by atoms with Crippen molar-refractivity contribution in [2.45, 2.75) is 6.92 Å². The highest BCUT2D eigenvalue weighted by Crippen LogP contribution is 2.38. The number of rotatable bonds is 4. The van der Waals surface area contributed by atoms with Crippen molar-refractivity contribution in [2.75, 3.05) is 0 Å². The minimum atomic E-state index is 1.14. The average molecular weight is 604 g/mol. The van der Waals surface area contributed by atoms with Crippen molar-refractivity contribution in [1.82, 2.24) is 14.1 Å². The van der Waals surface area contributed by atoms with Gasteiger partial charge in [0.2, 0.25) is 0 Å². The molecule has 6 aromatic carbocycles. The average Bonchev–Trinajstić information content (AvgIpc) is 3.71. The summed E-state index contributed by atoms with van der Waals surface area (Å²) in [5.74, 6) is 0. The molecule has 0 aliphatic rings. The summed E-state index contributed by atoms with van der Waals surface area (Å²) in [6, 6.07) is 48.1. The first kappa shape index (κ1) is 28.3. The second-order valence-electron chi connectivity index (χ2n) is 11.7. The molecule has 0 aliphatic heterocycles. The summed E-state index contributed by atoms with van der Waals surface area (Å²) in [7, 11) is 0. The Kier molecular flexibility index (Phi) is 7.20. The zero-order chi connectivity index (χ0) is 31.7. The fourth-order valence-corrected chi connectivity index (χ4v) is 6.78. The normalized spacial score (nSPS) is 11.5. The molecule has 0 spiro atoms. The summed E-state index contributed by atoms with van der Waals surface area (Å²) in [5.41, 5.74) is 8.29. The predicted molar refractivity (Wildman–Crippen MR) is 201 cm³/mol. The monoisotopic (exact) mass is 603 g/mol. The minimum Gasteiger partial charge on any atom is -0.317 e. The summed E-state index contributed by atoms with van der Waals surface area (Å²) < 4.78 is 4.68. The van der Waals surface area contributed by atoms with E-state index in [-0.39, 0.29) is 0 Å². The molecule has 224 valence electrons. The molecule has 0 bridgehead atoms. The first-order chi connectivity index (χ1) is 23.2. The van der Waals surface area contributed by atoms with Crippen LogP contribution in [0.2, 0.25) is 0 Å². The summed E-state index contributed by atoms with van der Waals surface area (Å²) in [5, 5.41) is 8.69. The lowest BCUT2D eigenvalue weighted by Gasteiger charge is -2.10. The molecule has 3 aromatic heterocycles. The Morgan fingerprint density at radius 3 is 2.09 bits per heavy atom. The Hall–Kier alpha value is -6.19. The zero-order valence-electron chi connectivity index (χ0n) is 26.2. The quantitative estimate of drug-likeness (QED) is 0.184. The van der Waals surface area contributed by atoms with Gasteiger partial charge in [-0.05, 0) is 83.2 Å². The van der Waals surface area contributed by atoms with Crippen LogP contribution in [0.15, 0.2) is 177 Å². The van der Waals surface area contributed by atoms with E-state index < -0.39 is 0 Å². The van der Waals surface area contributed by atoms with Gasteiger partial charge in [0, 0.05) is 57.1 Å². The van der Waals surface area contributed by atoms with Crippen LogP contribution in [0.4, 0.5) is 0 Å². The van der Waals surface area contributed by atoms with E-state index in [0.717, 1.165) is 16.6 Å². The summed E-state index contributed by atoms with van der Waals surface area (Å²) in [6.45, 7) is 5.42. The number of para-hydroxylation sites is 2. The highest BCUT2D eigenvalue weighted by atomic mass is 15.0. The molecule has 9 rings (SSSR count). The first-order valence-electron chi connectivity index (χ1n) is 15.9. The number of allylic oxidation sites excluding steroid dienone is 3. The highest BCUT2D eigenvalue weighted by molar-refractivity contribution is 6.18. The van der Waals surface area contributed by atoms with Gasteiger partial charge in [0.15, 0.2) is 0 Å². The van der Waals surface area contributed by atoms with Crippen LogP contribution in [0.25, 0.3) is 76.8 Å². The smallest absolute Gasteiger partial charge is 0.0547 e. The van der Waals surface area contributed by atoms with Gasteiger partial charge in [-0.25, -0.2) is 0 Å². The maximum absolute atomic E-state index is 4.49. The van der Waals surface area contributed by atoms with Crippen LogP contribution in [0, 0.1) is 0 Å². The lowest BCUT2D eigenvalue weighted by atomic mass is 10.0. The highest BCUT2D eigenvalue weighted by Gasteiger charge is 2.15. The molecular weight excluding hydrogens is 571 g/mol. The van der Waals surface area contributed by atoms with Crippen molar-refractivity contribution in [3.63, 3.8) is 0 Å². The van der Waals surface area contributed by atoms with Gasteiger partial charge in [-0.3, -0.25) is 4.98 Å². The van der Waals surface area contributed by atoms with E-state index in [1.165, 1.54) is 60.1 Å². The minimum absolute atomic E-state index is 1.14. The topological polar surface area (TPSA) is 22.8 Å². The Balaban J connectivity index is 0.000000606. The molecule has 0 amide bonds. The molecule has 47 heavy (non-hydrogen) atoms. The van der Waals surface area contributed by atoms with Crippen LogP contribution in [0.3, 0.4) is 0 Å².